The normalized spacial score (nSPS) is 19.1. The van der Waals surface area contributed by atoms with Gasteiger partial charge in [0.15, 0.2) is 0 Å². The molecule has 1 N–H and O–H groups in total. The molecular weight excluding hydrogens is 332 g/mol. The van der Waals surface area contributed by atoms with E-state index in [2.05, 4.69) is 10.3 Å². The van der Waals surface area contributed by atoms with Gasteiger partial charge in [-0.1, -0.05) is 6.07 Å². The fourth-order valence-corrected chi connectivity index (χ4v) is 3.43. The van der Waals surface area contributed by atoms with Gasteiger partial charge >= 0.3 is 0 Å². The van der Waals surface area contributed by atoms with Gasteiger partial charge in [-0.3, -0.25) is 19.7 Å². The molecule has 0 spiro atoms. The molecule has 7 heteroatoms. The first-order valence-corrected chi connectivity index (χ1v) is 8.21. The minimum atomic E-state index is -0.623. The number of piperidine rings is 1. The van der Waals surface area contributed by atoms with Gasteiger partial charge in [0, 0.05) is 24.7 Å². The molecule has 2 aliphatic heterocycles. The van der Waals surface area contributed by atoms with Crippen LogP contribution in [0, 0.1) is 11.3 Å². The molecule has 0 saturated carbocycles. The van der Waals surface area contributed by atoms with Gasteiger partial charge in [0.05, 0.1) is 0 Å². The van der Waals surface area contributed by atoms with E-state index in [9.17, 15) is 14.4 Å². The number of carbonyl (C=O) groups excluding carboxylic acids is 3. The van der Waals surface area contributed by atoms with Crippen LogP contribution in [0.3, 0.4) is 0 Å². The summed E-state index contributed by atoms with van der Waals surface area (Å²) in [6.07, 6.45) is 2.14. The molecule has 1 saturated heterocycles. The number of rotatable bonds is 2. The Hall–Kier alpha value is -3.53. The number of pyridine rings is 1. The molecule has 0 radical (unpaired) electrons. The van der Waals surface area contributed by atoms with Crippen LogP contribution in [0.4, 0.5) is 0 Å². The summed E-state index contributed by atoms with van der Waals surface area (Å²) in [6.45, 7) is 0.324. The van der Waals surface area contributed by atoms with Gasteiger partial charge in [-0.25, -0.2) is 4.98 Å². The topological polar surface area (TPSA) is 103 Å². The van der Waals surface area contributed by atoms with E-state index in [4.69, 9.17) is 5.26 Å². The third kappa shape index (κ3) is 2.62. The van der Waals surface area contributed by atoms with E-state index in [1.807, 2.05) is 18.2 Å². The van der Waals surface area contributed by atoms with E-state index in [-0.39, 0.29) is 18.2 Å². The van der Waals surface area contributed by atoms with Crippen molar-refractivity contribution in [1.82, 2.24) is 15.2 Å². The third-order valence-corrected chi connectivity index (χ3v) is 4.73. The van der Waals surface area contributed by atoms with E-state index in [0.29, 0.717) is 24.2 Å². The van der Waals surface area contributed by atoms with Crippen LogP contribution in [-0.2, 0) is 16.1 Å². The van der Waals surface area contributed by atoms with Crippen LogP contribution in [-0.4, -0.2) is 33.6 Å². The highest BCUT2D eigenvalue weighted by molar-refractivity contribution is 6.05. The number of imide groups is 1. The highest BCUT2D eigenvalue weighted by Gasteiger charge is 2.39. The van der Waals surface area contributed by atoms with Crippen molar-refractivity contribution in [3.63, 3.8) is 0 Å². The fraction of sp³-hybridized carbons (Fsp3) is 0.211. The number of fused-ring (bicyclic) bond motifs is 1. The van der Waals surface area contributed by atoms with Crippen molar-refractivity contribution in [3.05, 3.63) is 53.3 Å². The molecule has 0 bridgehead atoms. The molecule has 7 nitrogen and oxygen atoms in total. The maximum absolute atomic E-state index is 12.7. The van der Waals surface area contributed by atoms with Crippen molar-refractivity contribution in [2.45, 2.75) is 25.4 Å². The average molecular weight is 346 g/mol. The Morgan fingerprint density at radius 2 is 1.96 bits per heavy atom. The molecular formula is C19H14N4O3. The summed E-state index contributed by atoms with van der Waals surface area (Å²) in [6, 6.07) is 10.3. The summed E-state index contributed by atoms with van der Waals surface area (Å²) < 4.78 is 0. The zero-order chi connectivity index (χ0) is 18.3. The van der Waals surface area contributed by atoms with E-state index in [1.54, 1.807) is 24.4 Å². The summed E-state index contributed by atoms with van der Waals surface area (Å²) >= 11 is 0. The van der Waals surface area contributed by atoms with Crippen LogP contribution in [0.2, 0.25) is 0 Å². The van der Waals surface area contributed by atoms with Crippen molar-refractivity contribution in [1.29, 1.82) is 5.26 Å². The van der Waals surface area contributed by atoms with Crippen LogP contribution in [0.25, 0.3) is 11.1 Å². The number of aromatic nitrogens is 1. The monoisotopic (exact) mass is 346 g/mol. The van der Waals surface area contributed by atoms with Crippen molar-refractivity contribution in [3.8, 4) is 17.2 Å². The van der Waals surface area contributed by atoms with Gasteiger partial charge < -0.3 is 4.90 Å². The second-order valence-electron chi connectivity index (χ2n) is 6.31. The first kappa shape index (κ1) is 16.0. The van der Waals surface area contributed by atoms with Crippen LogP contribution in [0.15, 0.2) is 36.5 Å². The van der Waals surface area contributed by atoms with Gasteiger partial charge in [0.1, 0.15) is 17.8 Å². The number of benzene rings is 1. The van der Waals surface area contributed by atoms with E-state index < -0.39 is 11.9 Å². The lowest BCUT2D eigenvalue weighted by atomic mass is 10.0. The van der Waals surface area contributed by atoms with Crippen molar-refractivity contribution < 1.29 is 14.4 Å². The minimum absolute atomic E-state index is 0.200. The van der Waals surface area contributed by atoms with Gasteiger partial charge in [-0.2, -0.15) is 5.26 Å². The number of nitrogens with zero attached hydrogens (tertiary/aromatic N) is 3. The Bertz CT molecular complexity index is 993. The van der Waals surface area contributed by atoms with Crippen molar-refractivity contribution in [2.75, 3.05) is 0 Å². The quantitative estimate of drug-likeness (QED) is 0.828. The Kier molecular flexibility index (Phi) is 3.73. The van der Waals surface area contributed by atoms with Crippen LogP contribution < -0.4 is 5.32 Å². The molecule has 1 fully saturated rings. The van der Waals surface area contributed by atoms with Crippen LogP contribution >= 0.6 is 0 Å². The molecule has 1 atom stereocenters. The van der Waals surface area contributed by atoms with Crippen molar-refractivity contribution in [2.24, 2.45) is 0 Å². The molecule has 0 aliphatic carbocycles. The number of hydrogen-bond acceptors (Lipinski definition) is 5. The largest absolute Gasteiger partial charge is 0.322 e. The van der Waals surface area contributed by atoms with Crippen LogP contribution in [0.1, 0.15) is 34.5 Å². The minimum Gasteiger partial charge on any atom is -0.322 e. The van der Waals surface area contributed by atoms with E-state index in [1.165, 1.54) is 4.90 Å². The first-order valence-electron chi connectivity index (χ1n) is 8.21. The second-order valence-corrected chi connectivity index (χ2v) is 6.31. The molecule has 128 valence electrons. The van der Waals surface area contributed by atoms with Gasteiger partial charge in [-0.05, 0) is 47.4 Å². The number of amides is 3. The molecule has 1 aromatic heterocycles. The maximum atomic E-state index is 12.7. The standard InChI is InChI=1S/C19H14N4O3/c20-9-14-8-12(5-6-21-14)11-1-2-15-13(7-11)10-23(19(15)26)16-3-4-17(24)22-18(16)25/h1-2,5-8,16H,3-4,10H2,(H,22,24,25). The lowest BCUT2D eigenvalue weighted by Gasteiger charge is -2.29. The van der Waals surface area contributed by atoms with Gasteiger partial charge in [0.25, 0.3) is 5.91 Å². The van der Waals surface area contributed by atoms with Gasteiger partial charge in [0.2, 0.25) is 11.8 Å². The summed E-state index contributed by atoms with van der Waals surface area (Å²) in [5.41, 5.74) is 3.43. The SMILES string of the molecule is N#Cc1cc(-c2ccc3c(c2)CN(C2CCC(=O)NC2=O)C3=O)ccn1. The molecule has 3 amide bonds. The van der Waals surface area contributed by atoms with E-state index >= 15 is 0 Å². The first-order chi connectivity index (χ1) is 12.6. The highest BCUT2D eigenvalue weighted by atomic mass is 16.2. The smallest absolute Gasteiger partial charge is 0.255 e. The summed E-state index contributed by atoms with van der Waals surface area (Å²) in [7, 11) is 0. The third-order valence-electron chi connectivity index (χ3n) is 4.73. The number of nitriles is 1. The molecule has 2 aliphatic rings. The summed E-state index contributed by atoms with van der Waals surface area (Å²) in [4.78, 5) is 41.6. The second kappa shape index (κ2) is 6.08. The predicted molar refractivity (Wildman–Crippen MR) is 90.4 cm³/mol. The number of carbonyl (C=O) groups is 3. The zero-order valence-corrected chi connectivity index (χ0v) is 13.7. The summed E-state index contributed by atoms with van der Waals surface area (Å²) in [5.74, 6) is -0.924. The predicted octanol–water partition coefficient (Wildman–Crippen LogP) is 1.38. The zero-order valence-electron chi connectivity index (χ0n) is 13.7. The lowest BCUT2D eigenvalue weighted by Crippen LogP contribution is -2.52. The van der Waals surface area contributed by atoms with E-state index in [0.717, 1.165) is 16.7 Å². The Balaban J connectivity index is 1.64. The molecule has 2 aromatic rings. The number of nitrogens with one attached hydrogen (secondary N) is 1. The molecule has 1 unspecified atom stereocenters. The lowest BCUT2D eigenvalue weighted by molar-refractivity contribution is -0.136. The Morgan fingerprint density at radius 3 is 2.73 bits per heavy atom. The molecule has 1 aromatic carbocycles. The maximum Gasteiger partial charge on any atom is 0.255 e. The highest BCUT2D eigenvalue weighted by Crippen LogP contribution is 2.31. The average Bonchev–Trinajstić information content (AvgIpc) is 2.98. The Morgan fingerprint density at radius 1 is 1.15 bits per heavy atom. The van der Waals surface area contributed by atoms with Crippen LogP contribution in [0.5, 0.6) is 0 Å². The number of hydrogen-bond donors (Lipinski definition) is 1. The van der Waals surface area contributed by atoms with Crippen molar-refractivity contribution >= 4 is 17.7 Å². The summed E-state index contributed by atoms with van der Waals surface area (Å²) in [5, 5.41) is 11.3. The molecule has 4 rings (SSSR count). The molecule has 26 heavy (non-hydrogen) atoms. The molecule has 3 heterocycles. The van der Waals surface area contributed by atoms with Gasteiger partial charge in [-0.15, -0.1) is 0 Å². The fourth-order valence-electron chi connectivity index (χ4n) is 3.43. The Labute approximate surface area is 149 Å².